The molecule has 0 spiro atoms. The van der Waals surface area contributed by atoms with E-state index >= 15 is 0 Å². The molecule has 0 saturated heterocycles. The van der Waals surface area contributed by atoms with Crippen molar-refractivity contribution in [3.05, 3.63) is 0 Å². The zero-order valence-electron chi connectivity index (χ0n) is 8.84. The molecule has 0 radical (unpaired) electrons. The lowest BCUT2D eigenvalue weighted by atomic mass is 10.2. The van der Waals surface area contributed by atoms with E-state index in [1.54, 1.807) is 0 Å². The van der Waals surface area contributed by atoms with E-state index in [-0.39, 0.29) is 24.6 Å². The van der Waals surface area contributed by atoms with E-state index in [2.05, 4.69) is 19.8 Å². The molecule has 0 bridgehead atoms. The molecule has 0 aliphatic rings. The predicted octanol–water partition coefficient (Wildman–Crippen LogP) is -0.227. The Bertz CT molecular complexity index is 290. The third-order valence-electron chi connectivity index (χ3n) is 1.40. The fourth-order valence-corrected chi connectivity index (χ4v) is 0.680. The summed E-state index contributed by atoms with van der Waals surface area (Å²) in [6.45, 7) is 1.56. The summed E-state index contributed by atoms with van der Waals surface area (Å²) in [5.74, 6) is -1.18. The topological polar surface area (TPSA) is 118 Å². The lowest BCUT2D eigenvalue weighted by molar-refractivity contribution is -0.140. The fourth-order valence-electron chi connectivity index (χ4n) is 0.680. The van der Waals surface area contributed by atoms with Gasteiger partial charge >= 0.3 is 11.9 Å². The maximum absolute atomic E-state index is 10.5. The van der Waals surface area contributed by atoms with Gasteiger partial charge in [-0.25, -0.2) is 0 Å². The molecule has 0 amide bonds. The second-order valence-electron chi connectivity index (χ2n) is 2.65. The molecule has 90 valence electrons. The summed E-state index contributed by atoms with van der Waals surface area (Å²) in [6.07, 6.45) is 0. The van der Waals surface area contributed by atoms with Crippen molar-refractivity contribution in [3.63, 3.8) is 0 Å². The molecule has 8 heteroatoms. The highest BCUT2D eigenvalue weighted by Crippen LogP contribution is 1.91. The van der Waals surface area contributed by atoms with Crippen molar-refractivity contribution in [1.82, 2.24) is 0 Å². The van der Waals surface area contributed by atoms with Gasteiger partial charge in [0.15, 0.2) is 0 Å². The molecule has 0 aromatic heterocycles. The van der Waals surface area contributed by atoms with Crippen molar-refractivity contribution in [1.29, 1.82) is 0 Å². The first-order chi connectivity index (χ1) is 7.51. The standard InChI is InChI=1S/C8H12N2O6/c1-5(11)15-3-7(9-13)8(10-14)4-16-6(2)12/h13-14H,3-4H2,1-2H3. The van der Waals surface area contributed by atoms with Crippen molar-refractivity contribution in [2.45, 2.75) is 13.8 Å². The molecular formula is C8H12N2O6. The summed E-state index contributed by atoms with van der Waals surface area (Å²) >= 11 is 0. The predicted molar refractivity (Wildman–Crippen MR) is 51.7 cm³/mol. The van der Waals surface area contributed by atoms with Crippen molar-refractivity contribution < 1.29 is 29.5 Å². The average Bonchev–Trinajstić information content (AvgIpc) is 2.22. The monoisotopic (exact) mass is 232 g/mol. The van der Waals surface area contributed by atoms with E-state index in [0.717, 1.165) is 13.8 Å². The number of nitrogens with zero attached hydrogens (tertiary/aromatic N) is 2. The fraction of sp³-hybridized carbons (Fsp3) is 0.500. The van der Waals surface area contributed by atoms with E-state index in [4.69, 9.17) is 10.4 Å². The summed E-state index contributed by atoms with van der Waals surface area (Å²) < 4.78 is 9.04. The maximum atomic E-state index is 10.5. The molecular weight excluding hydrogens is 220 g/mol. The van der Waals surface area contributed by atoms with Crippen LogP contribution in [0.25, 0.3) is 0 Å². The molecule has 0 aliphatic carbocycles. The maximum Gasteiger partial charge on any atom is 0.303 e. The highest BCUT2D eigenvalue weighted by Gasteiger charge is 2.14. The number of oxime groups is 2. The van der Waals surface area contributed by atoms with Crippen molar-refractivity contribution in [2.75, 3.05) is 13.2 Å². The molecule has 0 aromatic rings. The van der Waals surface area contributed by atoms with Gasteiger partial charge in [0, 0.05) is 13.8 Å². The van der Waals surface area contributed by atoms with Crippen LogP contribution in [0.15, 0.2) is 10.3 Å². The zero-order chi connectivity index (χ0) is 12.6. The van der Waals surface area contributed by atoms with Crippen LogP contribution in [0, 0.1) is 0 Å². The zero-order valence-corrected chi connectivity index (χ0v) is 8.84. The van der Waals surface area contributed by atoms with Crippen LogP contribution in [0.5, 0.6) is 0 Å². The van der Waals surface area contributed by atoms with Crippen LogP contribution >= 0.6 is 0 Å². The number of hydrogen-bond acceptors (Lipinski definition) is 8. The molecule has 0 fully saturated rings. The Morgan fingerprint density at radius 1 is 0.938 bits per heavy atom. The molecule has 0 aromatic carbocycles. The summed E-state index contributed by atoms with van der Waals surface area (Å²) in [4.78, 5) is 21.0. The van der Waals surface area contributed by atoms with Gasteiger partial charge in [0.25, 0.3) is 0 Å². The molecule has 16 heavy (non-hydrogen) atoms. The lowest BCUT2D eigenvalue weighted by Gasteiger charge is -2.06. The quantitative estimate of drug-likeness (QED) is 0.292. The Kier molecular flexibility index (Phi) is 6.25. The Morgan fingerprint density at radius 2 is 1.25 bits per heavy atom. The number of ether oxygens (including phenoxy) is 2. The first kappa shape index (κ1) is 13.9. The Morgan fingerprint density at radius 3 is 1.44 bits per heavy atom. The molecule has 0 atom stereocenters. The second kappa shape index (κ2) is 7.21. The molecule has 0 rings (SSSR count). The van der Waals surface area contributed by atoms with E-state index < -0.39 is 11.9 Å². The van der Waals surface area contributed by atoms with Crippen molar-refractivity contribution in [3.8, 4) is 0 Å². The summed E-state index contributed by atoms with van der Waals surface area (Å²) in [5.41, 5.74) is -0.419. The molecule has 0 unspecified atom stereocenters. The van der Waals surface area contributed by atoms with E-state index in [1.807, 2.05) is 0 Å². The molecule has 8 nitrogen and oxygen atoms in total. The number of carbonyl (C=O) groups excluding carboxylic acids is 2. The molecule has 0 aliphatic heterocycles. The normalized spacial score (nSPS) is 12.1. The first-order valence-corrected chi connectivity index (χ1v) is 4.20. The van der Waals surface area contributed by atoms with E-state index in [1.165, 1.54) is 0 Å². The van der Waals surface area contributed by atoms with Crippen LogP contribution in [0.2, 0.25) is 0 Å². The third kappa shape index (κ3) is 5.58. The van der Waals surface area contributed by atoms with Gasteiger partial charge in [0.1, 0.15) is 24.6 Å². The minimum absolute atomic E-state index is 0.209. The van der Waals surface area contributed by atoms with Gasteiger partial charge < -0.3 is 19.9 Å². The van der Waals surface area contributed by atoms with Gasteiger partial charge in [-0.3, -0.25) is 9.59 Å². The molecule has 0 saturated carbocycles. The summed E-state index contributed by atoms with van der Waals surface area (Å²) in [7, 11) is 0. The van der Waals surface area contributed by atoms with Crippen LogP contribution < -0.4 is 0 Å². The van der Waals surface area contributed by atoms with E-state index in [0.29, 0.717) is 0 Å². The number of esters is 2. The number of rotatable bonds is 5. The van der Waals surface area contributed by atoms with Crippen LogP contribution in [-0.4, -0.2) is 47.0 Å². The average molecular weight is 232 g/mol. The van der Waals surface area contributed by atoms with Gasteiger partial charge in [-0.2, -0.15) is 0 Å². The second-order valence-corrected chi connectivity index (χ2v) is 2.65. The third-order valence-corrected chi connectivity index (χ3v) is 1.40. The first-order valence-electron chi connectivity index (χ1n) is 4.20. The SMILES string of the molecule is CC(=O)OCC(=NO)C(COC(C)=O)=NO. The van der Waals surface area contributed by atoms with Gasteiger partial charge in [-0.1, -0.05) is 10.3 Å². The number of carbonyl (C=O) groups is 2. The summed E-state index contributed by atoms with van der Waals surface area (Å²) in [5, 5.41) is 22.7. The molecule has 2 N–H and O–H groups in total. The van der Waals surface area contributed by atoms with Crippen LogP contribution in [-0.2, 0) is 19.1 Å². The van der Waals surface area contributed by atoms with Gasteiger partial charge in [-0.15, -0.1) is 0 Å². The minimum atomic E-state index is -0.592. The van der Waals surface area contributed by atoms with Crippen molar-refractivity contribution in [2.24, 2.45) is 10.3 Å². The Labute approximate surface area is 91.1 Å². The van der Waals surface area contributed by atoms with Crippen LogP contribution in [0.1, 0.15) is 13.8 Å². The van der Waals surface area contributed by atoms with Crippen LogP contribution in [0.3, 0.4) is 0 Å². The summed E-state index contributed by atoms with van der Waals surface area (Å²) in [6, 6.07) is 0. The van der Waals surface area contributed by atoms with Crippen molar-refractivity contribution >= 4 is 23.4 Å². The Hall–Kier alpha value is -2.12. The van der Waals surface area contributed by atoms with Gasteiger partial charge in [0.2, 0.25) is 0 Å². The van der Waals surface area contributed by atoms with Gasteiger partial charge in [0.05, 0.1) is 0 Å². The lowest BCUT2D eigenvalue weighted by Crippen LogP contribution is -2.26. The van der Waals surface area contributed by atoms with Gasteiger partial charge in [-0.05, 0) is 0 Å². The smallest absolute Gasteiger partial charge is 0.303 e. The largest absolute Gasteiger partial charge is 0.459 e. The minimum Gasteiger partial charge on any atom is -0.459 e. The number of hydrogen-bond donors (Lipinski definition) is 2. The Balaban J connectivity index is 4.42. The highest BCUT2D eigenvalue weighted by atomic mass is 16.5. The highest BCUT2D eigenvalue weighted by molar-refractivity contribution is 6.43. The van der Waals surface area contributed by atoms with E-state index in [9.17, 15) is 9.59 Å². The van der Waals surface area contributed by atoms with Crippen LogP contribution in [0.4, 0.5) is 0 Å². The molecule has 0 heterocycles.